The Balaban J connectivity index is 1.38. The molecular weight excluding hydrogens is 580 g/mol. The summed E-state index contributed by atoms with van der Waals surface area (Å²) in [5, 5.41) is 2.15. The van der Waals surface area contributed by atoms with E-state index >= 15 is 0 Å². The van der Waals surface area contributed by atoms with Crippen molar-refractivity contribution in [3.63, 3.8) is 0 Å². The third-order valence-corrected chi connectivity index (χ3v) is 9.23. The lowest BCUT2D eigenvalue weighted by atomic mass is 9.76. The molecule has 3 amide bonds. The highest BCUT2D eigenvalue weighted by Gasteiger charge is 2.52. The molecule has 1 aliphatic carbocycles. The lowest BCUT2D eigenvalue weighted by Gasteiger charge is -2.30. The quantitative estimate of drug-likeness (QED) is 0.199. The minimum absolute atomic E-state index is 0.00989. The van der Waals surface area contributed by atoms with Gasteiger partial charge in [-0.2, -0.15) is 13.4 Å². The van der Waals surface area contributed by atoms with Crippen molar-refractivity contribution in [2.75, 3.05) is 6.54 Å². The predicted octanol–water partition coefficient (Wildman–Crippen LogP) is 5.08. The van der Waals surface area contributed by atoms with Crippen LogP contribution in [0.1, 0.15) is 52.5 Å². The van der Waals surface area contributed by atoms with Gasteiger partial charge in [0.15, 0.2) is 5.78 Å². The number of imide groups is 1. The highest BCUT2D eigenvalue weighted by atomic mass is 35.5. The Hall–Kier alpha value is -4.02. The van der Waals surface area contributed by atoms with Crippen LogP contribution in [0, 0.1) is 24.7 Å². The monoisotopic (exact) mass is 608 g/mol. The summed E-state index contributed by atoms with van der Waals surface area (Å²) in [6, 6.07) is 17.5. The number of amides is 3. The van der Waals surface area contributed by atoms with Crippen LogP contribution < -0.4 is 4.18 Å². The predicted molar refractivity (Wildman–Crippen MR) is 154 cm³/mol. The molecule has 0 spiro atoms. The van der Waals surface area contributed by atoms with Gasteiger partial charge >= 0.3 is 10.1 Å². The van der Waals surface area contributed by atoms with Crippen LogP contribution in [0.15, 0.2) is 77.7 Å². The zero-order chi connectivity index (χ0) is 30.2. The van der Waals surface area contributed by atoms with Crippen LogP contribution in [-0.4, -0.2) is 48.5 Å². The summed E-state index contributed by atoms with van der Waals surface area (Å²) in [6.07, 6.45) is 1.87. The fourth-order valence-corrected chi connectivity index (χ4v) is 6.44. The molecule has 9 nitrogen and oxygen atoms in total. The van der Waals surface area contributed by atoms with E-state index in [-0.39, 0.29) is 27.7 Å². The lowest BCUT2D eigenvalue weighted by molar-refractivity contribution is -0.154. The van der Waals surface area contributed by atoms with Gasteiger partial charge in [-0.3, -0.25) is 19.2 Å². The Morgan fingerprint density at radius 1 is 0.881 bits per heavy atom. The SMILES string of the molecule is Cc1ccc(S(=O)(=O)Oc2ccc(C(=O)CN(C(=O)c3ccc(Cl)cc3)N3C(=O)[C@H]4C[C@@H](C)CC[C@H]4C3=O)cc2)cc1. The first-order valence-corrected chi connectivity index (χ1v) is 15.3. The van der Waals surface area contributed by atoms with Gasteiger partial charge in [-0.15, -0.1) is 0 Å². The van der Waals surface area contributed by atoms with Crippen LogP contribution in [0.2, 0.25) is 5.02 Å². The number of halogens is 1. The van der Waals surface area contributed by atoms with Crippen molar-refractivity contribution < 1.29 is 31.8 Å². The summed E-state index contributed by atoms with van der Waals surface area (Å²) in [4.78, 5) is 53.9. The molecule has 0 N–H and O–H groups in total. The molecule has 42 heavy (non-hydrogen) atoms. The second-order valence-electron chi connectivity index (χ2n) is 10.8. The van der Waals surface area contributed by atoms with Crippen molar-refractivity contribution in [1.82, 2.24) is 10.0 Å². The van der Waals surface area contributed by atoms with Gasteiger partial charge in [0.1, 0.15) is 17.2 Å². The normalized spacial score (nSPS) is 20.3. The molecule has 1 saturated carbocycles. The van der Waals surface area contributed by atoms with E-state index in [2.05, 4.69) is 0 Å². The molecule has 1 saturated heterocycles. The number of Topliss-reactive ketones (excluding diaryl/α,β-unsaturated/α-hetero) is 1. The summed E-state index contributed by atoms with van der Waals surface area (Å²) < 4.78 is 30.5. The largest absolute Gasteiger partial charge is 0.379 e. The van der Waals surface area contributed by atoms with Crippen molar-refractivity contribution in [1.29, 1.82) is 0 Å². The van der Waals surface area contributed by atoms with Gasteiger partial charge in [-0.25, -0.2) is 5.01 Å². The van der Waals surface area contributed by atoms with Crippen LogP contribution in [0.25, 0.3) is 0 Å². The summed E-state index contributed by atoms with van der Waals surface area (Å²) in [5.74, 6) is -3.05. The van der Waals surface area contributed by atoms with E-state index in [9.17, 15) is 27.6 Å². The molecule has 1 heterocycles. The van der Waals surface area contributed by atoms with Crippen molar-refractivity contribution in [2.24, 2.45) is 17.8 Å². The zero-order valence-corrected chi connectivity index (χ0v) is 24.6. The minimum atomic E-state index is -4.09. The summed E-state index contributed by atoms with van der Waals surface area (Å²) in [7, 11) is -4.09. The number of benzene rings is 3. The Morgan fingerprint density at radius 2 is 1.48 bits per heavy atom. The lowest BCUT2D eigenvalue weighted by Crippen LogP contribution is -2.52. The van der Waals surface area contributed by atoms with Gasteiger partial charge in [0, 0.05) is 16.1 Å². The van der Waals surface area contributed by atoms with Crippen molar-refractivity contribution in [2.45, 2.75) is 38.0 Å². The number of ketones is 1. The first-order valence-electron chi connectivity index (χ1n) is 13.5. The van der Waals surface area contributed by atoms with Gasteiger partial charge in [0.05, 0.1) is 11.8 Å². The first kappa shape index (κ1) is 29.5. The minimum Gasteiger partial charge on any atom is -0.379 e. The van der Waals surface area contributed by atoms with E-state index in [4.69, 9.17) is 15.8 Å². The molecule has 0 unspecified atom stereocenters. The number of hydrazine groups is 1. The van der Waals surface area contributed by atoms with Gasteiger partial charge in [-0.05, 0) is 92.8 Å². The maximum absolute atomic E-state index is 13.6. The second-order valence-corrected chi connectivity index (χ2v) is 12.8. The molecule has 0 bridgehead atoms. The number of nitrogens with zero attached hydrogens (tertiary/aromatic N) is 2. The molecule has 3 aromatic rings. The van der Waals surface area contributed by atoms with E-state index in [1.807, 2.05) is 13.8 Å². The molecule has 0 aromatic heterocycles. The zero-order valence-electron chi connectivity index (χ0n) is 23.0. The second kappa shape index (κ2) is 11.7. The smallest absolute Gasteiger partial charge is 0.339 e. The molecule has 3 atom stereocenters. The summed E-state index contributed by atoms with van der Waals surface area (Å²) >= 11 is 5.98. The number of rotatable bonds is 8. The highest BCUT2D eigenvalue weighted by molar-refractivity contribution is 7.87. The van der Waals surface area contributed by atoms with E-state index < -0.39 is 52.0 Å². The number of carbonyl (C=O) groups is 4. The van der Waals surface area contributed by atoms with Crippen LogP contribution in [0.5, 0.6) is 5.75 Å². The maximum Gasteiger partial charge on any atom is 0.339 e. The van der Waals surface area contributed by atoms with Crippen molar-refractivity contribution in [3.8, 4) is 5.75 Å². The number of carbonyl (C=O) groups excluding carboxylic acids is 4. The molecule has 2 fully saturated rings. The molecule has 5 rings (SSSR count). The van der Waals surface area contributed by atoms with E-state index in [0.29, 0.717) is 17.9 Å². The maximum atomic E-state index is 13.6. The van der Waals surface area contributed by atoms with Crippen molar-refractivity contribution >= 4 is 45.2 Å². The van der Waals surface area contributed by atoms with Crippen LogP contribution in [0.4, 0.5) is 0 Å². The van der Waals surface area contributed by atoms with E-state index in [1.54, 1.807) is 12.1 Å². The van der Waals surface area contributed by atoms with Crippen LogP contribution in [0.3, 0.4) is 0 Å². The van der Waals surface area contributed by atoms with Crippen LogP contribution in [-0.2, 0) is 19.7 Å². The molecule has 3 aromatic carbocycles. The standard InChI is InChI=1S/C31H29ClN2O7S/c1-19-3-14-25(15-4-19)42(39,40)41-24-12-8-21(9-13-24)28(35)18-33(29(36)22-6-10-23(32)11-7-22)34-30(37)26-16-5-20(2)17-27(26)31(34)38/h3-4,6-15,20,26-27H,5,16-18H2,1-2H3/t20-,26+,27-/m0/s1. The number of aryl methyl sites for hydroxylation is 1. The van der Waals surface area contributed by atoms with Gasteiger partial charge in [0.25, 0.3) is 17.7 Å². The summed E-state index contributed by atoms with van der Waals surface area (Å²) in [5.41, 5.74) is 1.18. The number of hydrogen-bond donors (Lipinski definition) is 0. The Bertz CT molecular complexity index is 1640. The first-order chi connectivity index (χ1) is 19.9. The average Bonchev–Trinajstić information content (AvgIpc) is 3.20. The molecule has 0 radical (unpaired) electrons. The topological polar surface area (TPSA) is 118 Å². The molecular formula is C31H29ClN2O7S. The van der Waals surface area contributed by atoms with Gasteiger partial charge in [-0.1, -0.05) is 36.2 Å². The third kappa shape index (κ3) is 5.96. The number of hydrogen-bond acceptors (Lipinski definition) is 7. The average molecular weight is 609 g/mol. The number of fused-ring (bicyclic) bond motifs is 1. The van der Waals surface area contributed by atoms with Gasteiger partial charge in [0.2, 0.25) is 0 Å². The Kier molecular flexibility index (Phi) is 8.21. The fraction of sp³-hybridized carbons (Fsp3) is 0.290. The molecule has 11 heteroatoms. The Morgan fingerprint density at radius 3 is 2.12 bits per heavy atom. The van der Waals surface area contributed by atoms with Gasteiger partial charge < -0.3 is 4.18 Å². The third-order valence-electron chi connectivity index (χ3n) is 7.72. The van der Waals surface area contributed by atoms with E-state index in [0.717, 1.165) is 22.0 Å². The van der Waals surface area contributed by atoms with E-state index in [1.165, 1.54) is 60.7 Å². The molecule has 218 valence electrons. The summed E-state index contributed by atoms with van der Waals surface area (Å²) in [6.45, 7) is 3.27. The molecule has 1 aliphatic heterocycles. The van der Waals surface area contributed by atoms with Crippen molar-refractivity contribution in [3.05, 3.63) is 94.5 Å². The fourth-order valence-electron chi connectivity index (χ4n) is 5.39. The molecule has 2 aliphatic rings. The Labute approximate surface area is 249 Å². The highest BCUT2D eigenvalue weighted by Crippen LogP contribution is 2.41. The van der Waals surface area contributed by atoms with Crippen LogP contribution >= 0.6 is 11.6 Å².